The van der Waals surface area contributed by atoms with E-state index in [1.165, 1.54) is 22.6 Å². The minimum Gasteiger partial charge on any atom is -0.328 e. The van der Waals surface area contributed by atoms with Gasteiger partial charge >= 0.3 is 12.4 Å². The SMILES string of the molecule is CC(c1ncnn1-c1ccc(F)cn1)N(CC1CC1)C(=O)c1cc(C(F)(F)F)cc(C(F)(F)F)c1. The zero-order valence-electron chi connectivity index (χ0n) is 18.1. The predicted molar refractivity (Wildman–Crippen MR) is 108 cm³/mol. The van der Waals surface area contributed by atoms with Crippen molar-refractivity contribution in [3.05, 3.63) is 71.2 Å². The third kappa shape index (κ3) is 5.43. The summed E-state index contributed by atoms with van der Waals surface area (Å²) in [5.41, 5.74) is -3.90. The van der Waals surface area contributed by atoms with Gasteiger partial charge in [0.05, 0.1) is 23.4 Å². The second kappa shape index (κ2) is 8.93. The first-order valence-electron chi connectivity index (χ1n) is 10.5. The van der Waals surface area contributed by atoms with Crippen molar-refractivity contribution in [2.24, 2.45) is 5.92 Å². The van der Waals surface area contributed by atoms with Gasteiger partial charge in [0, 0.05) is 12.1 Å². The molecule has 13 heteroatoms. The summed E-state index contributed by atoms with van der Waals surface area (Å²) < 4.78 is 94.4. The molecular formula is C22H18F7N5O. The molecule has 1 saturated carbocycles. The van der Waals surface area contributed by atoms with Crippen LogP contribution in [0.2, 0.25) is 0 Å². The van der Waals surface area contributed by atoms with Crippen molar-refractivity contribution in [1.29, 1.82) is 0 Å². The summed E-state index contributed by atoms with van der Waals surface area (Å²) in [7, 11) is 0. The fraction of sp³-hybridized carbons (Fsp3) is 0.364. The fourth-order valence-corrected chi connectivity index (χ4v) is 3.58. The zero-order chi connectivity index (χ0) is 25.5. The molecule has 0 radical (unpaired) electrons. The van der Waals surface area contributed by atoms with E-state index in [4.69, 9.17) is 0 Å². The van der Waals surface area contributed by atoms with Gasteiger partial charge in [-0.15, -0.1) is 0 Å². The number of aromatic nitrogens is 4. The van der Waals surface area contributed by atoms with Gasteiger partial charge in [-0.2, -0.15) is 36.1 Å². The van der Waals surface area contributed by atoms with Crippen LogP contribution in [0, 0.1) is 11.7 Å². The van der Waals surface area contributed by atoms with E-state index in [-0.39, 0.29) is 30.2 Å². The molecule has 35 heavy (non-hydrogen) atoms. The molecule has 1 aliphatic rings. The standard InChI is InChI=1S/C22H18F7N5O/c1-12(19-31-11-32-34(19)18-5-4-17(23)9-30-18)33(10-13-2-3-13)20(35)14-6-15(21(24,25)26)8-16(7-14)22(27,28)29/h4-9,11-13H,2-3,10H2,1H3. The maximum absolute atomic E-state index is 13.4. The van der Waals surface area contributed by atoms with E-state index < -0.39 is 46.8 Å². The summed E-state index contributed by atoms with van der Waals surface area (Å²) in [6, 6.07) is 2.35. The van der Waals surface area contributed by atoms with Crippen molar-refractivity contribution in [3.8, 4) is 5.82 Å². The third-order valence-electron chi connectivity index (χ3n) is 5.59. The van der Waals surface area contributed by atoms with Crippen molar-refractivity contribution in [3.63, 3.8) is 0 Å². The van der Waals surface area contributed by atoms with Crippen LogP contribution in [0.4, 0.5) is 30.7 Å². The van der Waals surface area contributed by atoms with Crippen molar-refractivity contribution in [2.75, 3.05) is 6.54 Å². The Morgan fingerprint density at radius 1 is 1.06 bits per heavy atom. The van der Waals surface area contributed by atoms with Gasteiger partial charge in [-0.25, -0.2) is 14.4 Å². The normalized spacial score (nSPS) is 15.2. The molecule has 0 saturated heterocycles. The van der Waals surface area contributed by atoms with Crippen LogP contribution in [0.3, 0.4) is 0 Å². The lowest BCUT2D eigenvalue weighted by atomic mass is 10.0. The van der Waals surface area contributed by atoms with Crippen molar-refractivity contribution >= 4 is 5.91 Å². The maximum atomic E-state index is 13.4. The Morgan fingerprint density at radius 3 is 2.20 bits per heavy atom. The Hall–Kier alpha value is -3.51. The topological polar surface area (TPSA) is 63.9 Å². The molecule has 4 rings (SSSR count). The number of benzene rings is 1. The molecular weight excluding hydrogens is 483 g/mol. The summed E-state index contributed by atoms with van der Waals surface area (Å²) in [6.45, 7) is 1.63. The molecule has 3 aromatic rings. The Labute approximate surface area is 194 Å². The molecule has 6 nitrogen and oxygen atoms in total. The summed E-state index contributed by atoms with van der Waals surface area (Å²) in [5.74, 6) is -1.24. The second-order valence-electron chi connectivity index (χ2n) is 8.24. The van der Waals surface area contributed by atoms with E-state index in [0.29, 0.717) is 12.1 Å². The van der Waals surface area contributed by atoms with Crippen LogP contribution < -0.4 is 0 Å². The predicted octanol–water partition coefficient (Wildman–Crippen LogP) is 5.45. The molecule has 1 unspecified atom stereocenters. The van der Waals surface area contributed by atoms with Crippen LogP contribution in [0.1, 0.15) is 53.1 Å². The quantitative estimate of drug-likeness (QED) is 0.422. The van der Waals surface area contributed by atoms with Crippen LogP contribution >= 0.6 is 0 Å². The lowest BCUT2D eigenvalue weighted by molar-refractivity contribution is -0.143. The zero-order valence-corrected chi connectivity index (χ0v) is 18.1. The van der Waals surface area contributed by atoms with Crippen molar-refractivity contribution in [1.82, 2.24) is 24.6 Å². The van der Waals surface area contributed by atoms with E-state index in [2.05, 4.69) is 15.1 Å². The van der Waals surface area contributed by atoms with Gasteiger partial charge in [-0.3, -0.25) is 4.79 Å². The molecule has 2 aromatic heterocycles. The smallest absolute Gasteiger partial charge is 0.328 e. The van der Waals surface area contributed by atoms with Crippen LogP contribution in [-0.4, -0.2) is 37.1 Å². The first-order valence-corrected chi connectivity index (χ1v) is 10.5. The first-order chi connectivity index (χ1) is 16.3. The van der Waals surface area contributed by atoms with E-state index in [1.807, 2.05) is 0 Å². The minimum absolute atomic E-state index is 0.0255. The molecule has 1 fully saturated rings. The highest BCUT2D eigenvalue weighted by molar-refractivity contribution is 5.95. The maximum Gasteiger partial charge on any atom is 0.416 e. The number of alkyl halides is 6. The molecule has 1 atom stereocenters. The number of amides is 1. The number of rotatable bonds is 6. The fourth-order valence-electron chi connectivity index (χ4n) is 3.58. The molecule has 2 heterocycles. The Bertz CT molecular complexity index is 1180. The van der Waals surface area contributed by atoms with Crippen LogP contribution in [0.15, 0.2) is 42.9 Å². The van der Waals surface area contributed by atoms with Crippen molar-refractivity contribution in [2.45, 2.75) is 38.2 Å². The van der Waals surface area contributed by atoms with Crippen molar-refractivity contribution < 1.29 is 35.5 Å². The Balaban J connectivity index is 1.74. The van der Waals surface area contributed by atoms with E-state index in [9.17, 15) is 35.5 Å². The highest BCUT2D eigenvalue weighted by Gasteiger charge is 2.39. The average Bonchev–Trinajstić information content (AvgIpc) is 3.48. The monoisotopic (exact) mass is 501 g/mol. The van der Waals surface area contributed by atoms with Gasteiger partial charge in [0.2, 0.25) is 0 Å². The summed E-state index contributed by atoms with van der Waals surface area (Å²) in [5, 5.41) is 4.02. The third-order valence-corrected chi connectivity index (χ3v) is 5.59. The number of carbonyl (C=O) groups is 1. The molecule has 1 aromatic carbocycles. The van der Waals surface area contributed by atoms with Crippen LogP contribution in [-0.2, 0) is 12.4 Å². The number of hydrogen-bond acceptors (Lipinski definition) is 4. The largest absolute Gasteiger partial charge is 0.416 e. The Kier molecular flexibility index (Phi) is 6.28. The first kappa shape index (κ1) is 24.6. The Morgan fingerprint density at radius 2 is 1.69 bits per heavy atom. The summed E-state index contributed by atoms with van der Waals surface area (Å²) in [4.78, 5) is 22.6. The highest BCUT2D eigenvalue weighted by atomic mass is 19.4. The lowest BCUT2D eigenvalue weighted by Crippen LogP contribution is -2.37. The number of hydrogen-bond donors (Lipinski definition) is 0. The molecule has 1 aliphatic carbocycles. The van der Waals surface area contributed by atoms with Crippen LogP contribution in [0.25, 0.3) is 5.82 Å². The summed E-state index contributed by atoms with van der Waals surface area (Å²) >= 11 is 0. The van der Waals surface area contributed by atoms with Crippen LogP contribution in [0.5, 0.6) is 0 Å². The average molecular weight is 501 g/mol. The molecule has 1 amide bonds. The van der Waals surface area contributed by atoms with Gasteiger partial charge in [-0.1, -0.05) is 0 Å². The van der Waals surface area contributed by atoms with E-state index in [1.54, 1.807) is 0 Å². The van der Waals surface area contributed by atoms with Gasteiger partial charge in [0.25, 0.3) is 5.91 Å². The number of pyridine rings is 1. The van der Waals surface area contributed by atoms with Gasteiger partial charge in [0.15, 0.2) is 11.6 Å². The summed E-state index contributed by atoms with van der Waals surface area (Å²) in [6.07, 6.45) is -6.55. The molecule has 0 N–H and O–H groups in total. The highest BCUT2D eigenvalue weighted by Crippen LogP contribution is 2.38. The number of carbonyl (C=O) groups excluding carboxylic acids is 1. The van der Waals surface area contributed by atoms with Gasteiger partial charge in [-0.05, 0) is 56.0 Å². The number of halogens is 7. The van der Waals surface area contributed by atoms with E-state index >= 15 is 0 Å². The lowest BCUT2D eigenvalue weighted by Gasteiger charge is -2.29. The second-order valence-corrected chi connectivity index (χ2v) is 8.24. The van der Waals surface area contributed by atoms with Gasteiger partial charge in [0.1, 0.15) is 12.1 Å². The van der Waals surface area contributed by atoms with E-state index in [0.717, 1.165) is 31.4 Å². The molecule has 0 aliphatic heterocycles. The number of nitrogens with zero attached hydrogens (tertiary/aromatic N) is 5. The van der Waals surface area contributed by atoms with Gasteiger partial charge < -0.3 is 4.90 Å². The molecule has 0 bridgehead atoms. The minimum atomic E-state index is -5.09. The molecule has 0 spiro atoms. The molecule has 186 valence electrons.